The molecule has 0 fully saturated rings. The predicted octanol–water partition coefficient (Wildman–Crippen LogP) is 2.61. The van der Waals surface area contributed by atoms with Crippen LogP contribution < -0.4 is 14.8 Å². The Hall–Kier alpha value is -3.88. The number of aromatic carboxylic acids is 1. The Morgan fingerprint density at radius 1 is 1.14 bits per heavy atom. The maximum atomic E-state index is 11.3. The number of nitrogens with zero attached hydrogens (tertiary/aromatic N) is 4. The van der Waals surface area contributed by atoms with E-state index in [-0.39, 0.29) is 5.56 Å². The molecular formula is C19H17N5O4. The maximum Gasteiger partial charge on any atom is 0.335 e. The van der Waals surface area contributed by atoms with Gasteiger partial charge in [0.05, 0.1) is 25.3 Å². The maximum absolute atomic E-state index is 11.3. The minimum atomic E-state index is -1.01. The van der Waals surface area contributed by atoms with Gasteiger partial charge >= 0.3 is 5.97 Å². The summed E-state index contributed by atoms with van der Waals surface area (Å²) in [4.78, 5) is 15.8. The highest BCUT2D eigenvalue weighted by Crippen LogP contribution is 2.25. The molecule has 4 aromatic rings. The number of carboxylic acids is 1. The molecule has 9 nitrogen and oxygen atoms in total. The van der Waals surface area contributed by atoms with Crippen LogP contribution in [0.1, 0.15) is 15.9 Å². The molecule has 0 bridgehead atoms. The first kappa shape index (κ1) is 17.5. The number of anilines is 1. The minimum absolute atomic E-state index is 0.170. The number of benzene rings is 2. The molecule has 142 valence electrons. The van der Waals surface area contributed by atoms with Crippen molar-refractivity contribution in [3.8, 4) is 11.5 Å². The Morgan fingerprint density at radius 2 is 1.89 bits per heavy atom. The average molecular weight is 379 g/mol. The van der Waals surface area contributed by atoms with Crippen molar-refractivity contribution >= 4 is 28.5 Å². The molecule has 0 spiro atoms. The lowest BCUT2D eigenvalue weighted by Crippen LogP contribution is -2.07. The van der Waals surface area contributed by atoms with E-state index in [1.54, 1.807) is 36.8 Å². The summed E-state index contributed by atoms with van der Waals surface area (Å²) in [6.45, 7) is 0.465. The number of carbonyl (C=O) groups is 1. The Bertz CT molecular complexity index is 1170. The fourth-order valence-corrected chi connectivity index (χ4v) is 2.96. The summed E-state index contributed by atoms with van der Waals surface area (Å²) in [6.07, 6.45) is 1.53. The Balaban J connectivity index is 1.72. The van der Waals surface area contributed by atoms with E-state index in [4.69, 9.17) is 9.47 Å². The quantitative estimate of drug-likeness (QED) is 0.526. The standard InChI is InChI=1S/C19H17N5O4/c1-27-13-5-11(6-14(8-13)28-2)9-20-19-22-16-4-3-12(18(25)26)7-15(16)17-23-21-10-24(17)19/h3-8,10H,9H2,1-2H3,(H,20,22)(H,25,26). The summed E-state index contributed by atoms with van der Waals surface area (Å²) in [5.41, 5.74) is 2.26. The number of ether oxygens (including phenoxy) is 2. The van der Waals surface area contributed by atoms with Gasteiger partial charge in [0, 0.05) is 18.0 Å². The second-order valence-electron chi connectivity index (χ2n) is 6.07. The number of carboxylic acid groups (broad SMARTS) is 1. The summed E-state index contributed by atoms with van der Waals surface area (Å²) < 4.78 is 12.3. The van der Waals surface area contributed by atoms with Crippen molar-refractivity contribution in [1.29, 1.82) is 0 Å². The smallest absolute Gasteiger partial charge is 0.335 e. The average Bonchev–Trinajstić information content (AvgIpc) is 3.21. The number of fused-ring (bicyclic) bond motifs is 3. The zero-order chi connectivity index (χ0) is 19.7. The van der Waals surface area contributed by atoms with Crippen LogP contribution in [0, 0.1) is 0 Å². The minimum Gasteiger partial charge on any atom is -0.497 e. The molecule has 0 saturated heterocycles. The molecule has 4 rings (SSSR count). The van der Waals surface area contributed by atoms with Gasteiger partial charge in [-0.15, -0.1) is 10.2 Å². The molecule has 9 heteroatoms. The van der Waals surface area contributed by atoms with Gasteiger partial charge in [0.1, 0.15) is 17.8 Å². The fourth-order valence-electron chi connectivity index (χ4n) is 2.96. The first-order valence-corrected chi connectivity index (χ1v) is 8.41. The first-order chi connectivity index (χ1) is 13.6. The monoisotopic (exact) mass is 379 g/mol. The van der Waals surface area contributed by atoms with Gasteiger partial charge in [-0.05, 0) is 35.9 Å². The molecule has 0 unspecified atom stereocenters. The highest BCUT2D eigenvalue weighted by molar-refractivity contribution is 5.98. The van der Waals surface area contributed by atoms with Crippen LogP contribution in [0.5, 0.6) is 11.5 Å². The molecule has 0 saturated carbocycles. The predicted molar refractivity (Wildman–Crippen MR) is 102 cm³/mol. The van der Waals surface area contributed by atoms with E-state index < -0.39 is 5.97 Å². The normalized spacial score (nSPS) is 10.9. The number of hydrogen-bond acceptors (Lipinski definition) is 7. The van der Waals surface area contributed by atoms with Crippen molar-refractivity contribution in [1.82, 2.24) is 19.6 Å². The second-order valence-corrected chi connectivity index (χ2v) is 6.07. The molecule has 0 aliphatic heterocycles. The second kappa shape index (κ2) is 7.03. The van der Waals surface area contributed by atoms with Crippen molar-refractivity contribution in [2.45, 2.75) is 6.54 Å². The van der Waals surface area contributed by atoms with Crippen LogP contribution in [-0.2, 0) is 6.54 Å². The largest absolute Gasteiger partial charge is 0.497 e. The van der Waals surface area contributed by atoms with Crippen molar-refractivity contribution in [3.63, 3.8) is 0 Å². The molecular weight excluding hydrogens is 362 g/mol. The molecule has 0 amide bonds. The highest BCUT2D eigenvalue weighted by Gasteiger charge is 2.13. The molecule has 0 aliphatic carbocycles. The van der Waals surface area contributed by atoms with Gasteiger partial charge in [0.2, 0.25) is 5.95 Å². The summed E-state index contributed by atoms with van der Waals surface area (Å²) in [6, 6.07) is 10.3. The number of methoxy groups -OCH3 is 2. The highest BCUT2D eigenvalue weighted by atomic mass is 16.5. The van der Waals surface area contributed by atoms with Crippen LogP contribution in [0.3, 0.4) is 0 Å². The van der Waals surface area contributed by atoms with Crippen LogP contribution in [0.15, 0.2) is 42.7 Å². The van der Waals surface area contributed by atoms with Crippen LogP contribution >= 0.6 is 0 Å². The van der Waals surface area contributed by atoms with Crippen LogP contribution in [0.4, 0.5) is 5.95 Å². The summed E-state index contributed by atoms with van der Waals surface area (Å²) in [5, 5.41) is 21.2. The van der Waals surface area contributed by atoms with Gasteiger partial charge in [0.25, 0.3) is 0 Å². The number of aromatic nitrogens is 4. The third-order valence-corrected chi connectivity index (χ3v) is 4.35. The molecule has 2 aromatic heterocycles. The van der Waals surface area contributed by atoms with Gasteiger partial charge in [0.15, 0.2) is 5.65 Å². The van der Waals surface area contributed by atoms with E-state index >= 15 is 0 Å². The number of nitrogens with one attached hydrogen (secondary N) is 1. The molecule has 2 N–H and O–H groups in total. The molecule has 2 aromatic carbocycles. The van der Waals surface area contributed by atoms with Crippen LogP contribution in [0.2, 0.25) is 0 Å². The van der Waals surface area contributed by atoms with E-state index in [1.165, 1.54) is 12.4 Å². The Labute approximate surface area is 159 Å². The summed E-state index contributed by atoms with van der Waals surface area (Å²) in [7, 11) is 3.20. The fraction of sp³-hybridized carbons (Fsp3) is 0.158. The number of hydrogen-bond donors (Lipinski definition) is 2. The third-order valence-electron chi connectivity index (χ3n) is 4.35. The van der Waals surface area contributed by atoms with Crippen molar-refractivity contribution in [2.24, 2.45) is 0 Å². The molecule has 0 aliphatic rings. The lowest BCUT2D eigenvalue weighted by atomic mass is 10.1. The van der Waals surface area contributed by atoms with Crippen molar-refractivity contribution in [3.05, 3.63) is 53.9 Å². The summed E-state index contributed by atoms with van der Waals surface area (Å²) >= 11 is 0. The molecule has 28 heavy (non-hydrogen) atoms. The van der Waals surface area contributed by atoms with Gasteiger partial charge in [-0.2, -0.15) is 0 Å². The lowest BCUT2D eigenvalue weighted by Gasteiger charge is -2.12. The van der Waals surface area contributed by atoms with Gasteiger partial charge < -0.3 is 19.9 Å². The Kier molecular flexibility index (Phi) is 4.40. The third kappa shape index (κ3) is 3.13. The van der Waals surface area contributed by atoms with Crippen LogP contribution in [-0.4, -0.2) is 44.9 Å². The molecule has 0 atom stereocenters. The van der Waals surface area contributed by atoms with Crippen molar-refractivity contribution < 1.29 is 19.4 Å². The van der Waals surface area contributed by atoms with E-state index in [0.29, 0.717) is 40.5 Å². The van der Waals surface area contributed by atoms with Gasteiger partial charge in [-0.1, -0.05) is 0 Å². The van der Waals surface area contributed by atoms with Gasteiger partial charge in [-0.3, -0.25) is 4.40 Å². The Morgan fingerprint density at radius 3 is 2.57 bits per heavy atom. The van der Waals surface area contributed by atoms with Gasteiger partial charge in [-0.25, -0.2) is 9.78 Å². The van der Waals surface area contributed by atoms with E-state index in [9.17, 15) is 9.90 Å². The molecule has 0 radical (unpaired) electrons. The lowest BCUT2D eigenvalue weighted by molar-refractivity contribution is 0.0697. The van der Waals surface area contributed by atoms with E-state index in [2.05, 4.69) is 20.5 Å². The SMILES string of the molecule is COc1cc(CNc2nc3ccc(C(=O)O)cc3c3nncn23)cc(OC)c1. The summed E-state index contributed by atoms with van der Waals surface area (Å²) in [5.74, 6) is 0.919. The zero-order valence-electron chi connectivity index (χ0n) is 15.2. The van der Waals surface area contributed by atoms with E-state index in [1.807, 2.05) is 12.1 Å². The zero-order valence-corrected chi connectivity index (χ0v) is 15.2. The van der Waals surface area contributed by atoms with Crippen molar-refractivity contribution in [2.75, 3.05) is 19.5 Å². The number of rotatable bonds is 6. The first-order valence-electron chi connectivity index (χ1n) is 8.41. The van der Waals surface area contributed by atoms with Crippen LogP contribution in [0.25, 0.3) is 16.6 Å². The topological polar surface area (TPSA) is 111 Å². The molecule has 2 heterocycles. The van der Waals surface area contributed by atoms with E-state index in [0.717, 1.165) is 5.56 Å².